The molecule has 1 aliphatic rings. The minimum absolute atomic E-state index is 0.0135. The second-order valence-electron chi connectivity index (χ2n) is 6.00. The van der Waals surface area contributed by atoms with Crippen LogP contribution in [0.2, 0.25) is 0 Å². The number of urea groups is 1. The molecule has 20 heavy (non-hydrogen) atoms. The number of ether oxygens (including phenoxy) is 1. The Morgan fingerprint density at radius 2 is 2.05 bits per heavy atom. The Labute approximate surface area is 120 Å². The van der Waals surface area contributed by atoms with Gasteiger partial charge in [-0.25, -0.2) is 4.79 Å². The minimum atomic E-state index is -0.859. The van der Waals surface area contributed by atoms with Crippen molar-refractivity contribution in [3.63, 3.8) is 0 Å². The van der Waals surface area contributed by atoms with Gasteiger partial charge >= 0.3 is 12.0 Å². The first kappa shape index (κ1) is 16.8. The van der Waals surface area contributed by atoms with Crippen LogP contribution >= 0.6 is 0 Å². The number of hydrogen-bond acceptors (Lipinski definition) is 3. The van der Waals surface area contributed by atoms with E-state index in [0.717, 1.165) is 0 Å². The smallest absolute Gasteiger partial charge is 0.317 e. The van der Waals surface area contributed by atoms with E-state index in [4.69, 9.17) is 9.84 Å². The fraction of sp³-hybridized carbons (Fsp3) is 0.857. The number of amides is 2. The fourth-order valence-electron chi connectivity index (χ4n) is 2.34. The molecule has 6 heteroatoms. The molecule has 2 amide bonds. The molecule has 3 unspecified atom stereocenters. The van der Waals surface area contributed by atoms with Crippen LogP contribution in [0, 0.1) is 11.8 Å². The van der Waals surface area contributed by atoms with Crippen molar-refractivity contribution in [3.05, 3.63) is 0 Å². The lowest BCUT2D eigenvalue weighted by Gasteiger charge is -2.36. The van der Waals surface area contributed by atoms with Crippen molar-refractivity contribution < 1.29 is 19.4 Å². The third-order valence-electron chi connectivity index (χ3n) is 3.47. The molecule has 0 aromatic rings. The maximum absolute atomic E-state index is 12.1. The van der Waals surface area contributed by atoms with Crippen molar-refractivity contribution >= 4 is 12.0 Å². The molecule has 116 valence electrons. The Morgan fingerprint density at radius 1 is 1.40 bits per heavy atom. The van der Waals surface area contributed by atoms with Crippen molar-refractivity contribution in [2.75, 3.05) is 19.7 Å². The van der Waals surface area contributed by atoms with Crippen LogP contribution in [0.4, 0.5) is 4.79 Å². The highest BCUT2D eigenvalue weighted by atomic mass is 16.5. The lowest BCUT2D eigenvalue weighted by Crippen LogP contribution is -2.54. The zero-order valence-corrected chi connectivity index (χ0v) is 12.8. The van der Waals surface area contributed by atoms with E-state index in [1.807, 2.05) is 27.7 Å². The van der Waals surface area contributed by atoms with Crippen LogP contribution < -0.4 is 5.32 Å². The molecule has 1 rings (SSSR count). The van der Waals surface area contributed by atoms with Gasteiger partial charge in [0.15, 0.2) is 0 Å². The van der Waals surface area contributed by atoms with Gasteiger partial charge in [-0.05, 0) is 26.2 Å². The van der Waals surface area contributed by atoms with E-state index in [1.165, 1.54) is 0 Å². The number of carbonyl (C=O) groups excluding carboxylic acids is 1. The normalized spacial score (nSPS) is 24.6. The predicted molar refractivity (Wildman–Crippen MR) is 75.6 cm³/mol. The highest BCUT2D eigenvalue weighted by molar-refractivity contribution is 5.76. The number of rotatable bonds is 5. The zero-order chi connectivity index (χ0) is 15.3. The molecule has 2 N–H and O–H groups in total. The number of carboxylic acid groups (broad SMARTS) is 1. The van der Waals surface area contributed by atoms with Gasteiger partial charge in [0.25, 0.3) is 0 Å². The zero-order valence-electron chi connectivity index (χ0n) is 12.8. The van der Waals surface area contributed by atoms with Crippen molar-refractivity contribution in [2.24, 2.45) is 11.8 Å². The molecule has 0 aliphatic carbocycles. The number of nitrogens with zero attached hydrogens (tertiary/aromatic N) is 1. The van der Waals surface area contributed by atoms with Crippen molar-refractivity contribution in [1.82, 2.24) is 10.2 Å². The molecule has 3 atom stereocenters. The van der Waals surface area contributed by atoms with Crippen LogP contribution in [-0.4, -0.2) is 53.8 Å². The summed E-state index contributed by atoms with van der Waals surface area (Å²) in [6.07, 6.45) is 0.577. The molecule has 1 fully saturated rings. The first-order chi connectivity index (χ1) is 9.31. The SMILES string of the molecule is CC(C)CC(CNC(=O)N1CC(C)OCC1C)C(=O)O. The van der Waals surface area contributed by atoms with E-state index in [9.17, 15) is 9.59 Å². The Bertz CT molecular complexity index is 346. The van der Waals surface area contributed by atoms with Gasteiger partial charge in [0.1, 0.15) is 0 Å². The lowest BCUT2D eigenvalue weighted by atomic mass is 9.97. The molecular weight excluding hydrogens is 260 g/mol. The van der Waals surface area contributed by atoms with Gasteiger partial charge in [0.05, 0.1) is 24.7 Å². The predicted octanol–water partition coefficient (Wildman–Crippen LogP) is 1.55. The third kappa shape index (κ3) is 5.00. The van der Waals surface area contributed by atoms with Crippen molar-refractivity contribution in [3.8, 4) is 0 Å². The maximum Gasteiger partial charge on any atom is 0.317 e. The van der Waals surface area contributed by atoms with Gasteiger partial charge in [-0.3, -0.25) is 4.79 Å². The molecule has 0 bridgehead atoms. The summed E-state index contributed by atoms with van der Waals surface area (Å²) in [6, 6.07) is -0.192. The molecule has 0 saturated carbocycles. The number of morpholine rings is 1. The minimum Gasteiger partial charge on any atom is -0.481 e. The number of aliphatic carboxylic acids is 1. The highest BCUT2D eigenvalue weighted by Crippen LogP contribution is 2.13. The molecule has 0 spiro atoms. The molecule has 0 aromatic heterocycles. The fourth-order valence-corrected chi connectivity index (χ4v) is 2.34. The Morgan fingerprint density at radius 3 is 2.60 bits per heavy atom. The van der Waals surface area contributed by atoms with E-state index in [2.05, 4.69) is 5.32 Å². The van der Waals surface area contributed by atoms with Crippen molar-refractivity contribution in [1.29, 1.82) is 0 Å². The summed E-state index contributed by atoms with van der Waals surface area (Å²) < 4.78 is 5.47. The van der Waals surface area contributed by atoms with Crippen molar-refractivity contribution in [2.45, 2.75) is 46.3 Å². The first-order valence-corrected chi connectivity index (χ1v) is 7.20. The monoisotopic (exact) mass is 286 g/mol. The van der Waals surface area contributed by atoms with E-state index in [1.54, 1.807) is 4.90 Å². The molecule has 0 aromatic carbocycles. The molecule has 6 nitrogen and oxygen atoms in total. The average Bonchev–Trinajstić information content (AvgIpc) is 2.36. The van der Waals surface area contributed by atoms with Crippen LogP contribution in [0.1, 0.15) is 34.1 Å². The molecule has 1 saturated heterocycles. The number of carbonyl (C=O) groups is 2. The second kappa shape index (κ2) is 7.47. The van der Waals surface area contributed by atoms with Gasteiger partial charge in [0.2, 0.25) is 0 Å². The van der Waals surface area contributed by atoms with E-state index < -0.39 is 11.9 Å². The topological polar surface area (TPSA) is 78.9 Å². The van der Waals surface area contributed by atoms with Crippen LogP contribution in [0.15, 0.2) is 0 Å². The second-order valence-corrected chi connectivity index (χ2v) is 6.00. The van der Waals surface area contributed by atoms with Gasteiger partial charge < -0.3 is 20.1 Å². The van der Waals surface area contributed by atoms with E-state index in [0.29, 0.717) is 19.6 Å². The lowest BCUT2D eigenvalue weighted by molar-refractivity contribution is -0.142. The average molecular weight is 286 g/mol. The summed E-state index contributed by atoms with van der Waals surface area (Å²) in [5, 5.41) is 11.9. The van der Waals surface area contributed by atoms with Crippen LogP contribution in [0.5, 0.6) is 0 Å². The largest absolute Gasteiger partial charge is 0.481 e. The van der Waals surface area contributed by atoms with Gasteiger partial charge in [0, 0.05) is 13.1 Å². The van der Waals surface area contributed by atoms with Crippen LogP contribution in [-0.2, 0) is 9.53 Å². The summed E-state index contributed by atoms with van der Waals surface area (Å²) >= 11 is 0. The summed E-state index contributed by atoms with van der Waals surface area (Å²) in [5.74, 6) is -1.11. The standard InChI is InChI=1S/C14H26N2O4/c1-9(2)5-12(13(17)18)6-15-14(19)16-7-11(4)20-8-10(16)3/h9-12H,5-8H2,1-4H3,(H,15,19)(H,17,18). The third-order valence-corrected chi connectivity index (χ3v) is 3.47. The van der Waals surface area contributed by atoms with E-state index in [-0.39, 0.29) is 30.6 Å². The van der Waals surface area contributed by atoms with E-state index >= 15 is 0 Å². The molecule has 1 heterocycles. The van der Waals surface area contributed by atoms with Crippen LogP contribution in [0.25, 0.3) is 0 Å². The number of hydrogen-bond donors (Lipinski definition) is 2. The molecular formula is C14H26N2O4. The maximum atomic E-state index is 12.1. The highest BCUT2D eigenvalue weighted by Gasteiger charge is 2.28. The molecule has 1 aliphatic heterocycles. The number of nitrogens with one attached hydrogen (secondary N) is 1. The summed E-state index contributed by atoms with van der Waals surface area (Å²) in [5.41, 5.74) is 0. The Balaban J connectivity index is 2.50. The first-order valence-electron chi connectivity index (χ1n) is 7.20. The molecule has 0 radical (unpaired) electrons. The van der Waals surface area contributed by atoms with Crippen LogP contribution in [0.3, 0.4) is 0 Å². The van der Waals surface area contributed by atoms with Gasteiger partial charge in [-0.1, -0.05) is 13.8 Å². The number of carboxylic acids is 1. The Hall–Kier alpha value is -1.30. The quantitative estimate of drug-likeness (QED) is 0.803. The van der Waals surface area contributed by atoms with Gasteiger partial charge in [-0.15, -0.1) is 0 Å². The summed E-state index contributed by atoms with van der Waals surface area (Å²) in [7, 11) is 0. The van der Waals surface area contributed by atoms with Gasteiger partial charge in [-0.2, -0.15) is 0 Å². The summed E-state index contributed by atoms with van der Waals surface area (Å²) in [6.45, 7) is 9.02. The summed E-state index contributed by atoms with van der Waals surface area (Å²) in [4.78, 5) is 25.0. The Kier molecular flexibility index (Phi) is 6.26.